The lowest BCUT2D eigenvalue weighted by atomic mass is 10.1. The SMILES string of the molecule is Cc1nc2ccc(Cl)cc2cc1C(=O)OCc1ccccn1. The van der Waals surface area contributed by atoms with Gasteiger partial charge in [0.1, 0.15) is 6.61 Å². The number of benzene rings is 1. The highest BCUT2D eigenvalue weighted by Crippen LogP contribution is 2.21. The Bertz CT molecular complexity index is 835. The van der Waals surface area contributed by atoms with Crippen LogP contribution in [0.3, 0.4) is 0 Å². The Hall–Kier alpha value is -2.46. The van der Waals surface area contributed by atoms with E-state index in [1.165, 1.54) is 0 Å². The number of halogens is 1. The maximum atomic E-state index is 12.2. The zero-order chi connectivity index (χ0) is 15.5. The van der Waals surface area contributed by atoms with Crippen LogP contribution in [0.25, 0.3) is 10.9 Å². The van der Waals surface area contributed by atoms with Gasteiger partial charge in [-0.3, -0.25) is 9.97 Å². The average Bonchev–Trinajstić information content (AvgIpc) is 2.53. The summed E-state index contributed by atoms with van der Waals surface area (Å²) in [6.45, 7) is 1.91. The van der Waals surface area contributed by atoms with Crippen LogP contribution >= 0.6 is 11.6 Å². The molecule has 0 aliphatic rings. The minimum absolute atomic E-state index is 0.132. The van der Waals surface area contributed by atoms with Gasteiger partial charge in [0.2, 0.25) is 0 Å². The van der Waals surface area contributed by atoms with Crippen molar-refractivity contribution >= 4 is 28.5 Å². The fourth-order valence-electron chi connectivity index (χ4n) is 2.15. The molecule has 3 aromatic rings. The van der Waals surface area contributed by atoms with Crippen LogP contribution in [0.15, 0.2) is 48.7 Å². The molecule has 2 aromatic heterocycles. The molecule has 0 radical (unpaired) electrons. The highest BCUT2D eigenvalue weighted by Gasteiger charge is 2.13. The van der Waals surface area contributed by atoms with Crippen LogP contribution in [-0.2, 0) is 11.3 Å². The smallest absolute Gasteiger partial charge is 0.340 e. The zero-order valence-corrected chi connectivity index (χ0v) is 12.7. The number of esters is 1. The standard InChI is InChI=1S/C17H13ClN2O2/c1-11-15(9-12-8-13(18)5-6-16(12)20-11)17(21)22-10-14-4-2-3-7-19-14/h2-9H,10H2,1H3. The third-order valence-corrected chi connectivity index (χ3v) is 3.50. The summed E-state index contributed by atoms with van der Waals surface area (Å²) in [4.78, 5) is 20.8. The molecule has 0 amide bonds. The number of hydrogen-bond donors (Lipinski definition) is 0. The lowest BCUT2D eigenvalue weighted by molar-refractivity contribution is 0.0466. The maximum Gasteiger partial charge on any atom is 0.340 e. The van der Waals surface area contributed by atoms with Crippen molar-refractivity contribution in [2.45, 2.75) is 13.5 Å². The van der Waals surface area contributed by atoms with E-state index < -0.39 is 5.97 Å². The van der Waals surface area contributed by atoms with E-state index in [0.717, 1.165) is 10.9 Å². The molecular weight excluding hydrogens is 300 g/mol. The number of hydrogen-bond acceptors (Lipinski definition) is 4. The molecule has 4 nitrogen and oxygen atoms in total. The largest absolute Gasteiger partial charge is 0.456 e. The van der Waals surface area contributed by atoms with Crippen molar-refractivity contribution in [2.75, 3.05) is 0 Å². The molecule has 0 N–H and O–H groups in total. The van der Waals surface area contributed by atoms with Gasteiger partial charge in [0.05, 0.1) is 22.5 Å². The zero-order valence-electron chi connectivity index (χ0n) is 11.9. The molecule has 0 saturated heterocycles. The van der Waals surface area contributed by atoms with Crippen molar-refractivity contribution < 1.29 is 9.53 Å². The second-order valence-electron chi connectivity index (χ2n) is 4.86. The van der Waals surface area contributed by atoms with Crippen molar-refractivity contribution in [1.29, 1.82) is 0 Å². The molecule has 0 fully saturated rings. The predicted octanol–water partition coefficient (Wildman–Crippen LogP) is 3.95. The Morgan fingerprint density at radius 1 is 1.23 bits per heavy atom. The van der Waals surface area contributed by atoms with E-state index >= 15 is 0 Å². The van der Waals surface area contributed by atoms with Gasteiger partial charge in [-0.05, 0) is 43.3 Å². The number of aryl methyl sites for hydroxylation is 1. The normalized spacial score (nSPS) is 10.6. The van der Waals surface area contributed by atoms with Gasteiger partial charge < -0.3 is 4.74 Å². The molecule has 0 saturated carbocycles. The van der Waals surface area contributed by atoms with Crippen molar-refractivity contribution in [2.24, 2.45) is 0 Å². The number of rotatable bonds is 3. The molecule has 110 valence electrons. The van der Waals surface area contributed by atoms with Gasteiger partial charge in [-0.1, -0.05) is 17.7 Å². The minimum atomic E-state index is -0.419. The Kier molecular flexibility index (Phi) is 4.02. The third-order valence-electron chi connectivity index (χ3n) is 3.26. The summed E-state index contributed by atoms with van der Waals surface area (Å²) in [5, 5.41) is 1.41. The summed E-state index contributed by atoms with van der Waals surface area (Å²) < 4.78 is 5.30. The maximum absolute atomic E-state index is 12.2. The van der Waals surface area contributed by atoms with Crippen molar-refractivity contribution in [3.05, 3.63) is 70.6 Å². The summed E-state index contributed by atoms with van der Waals surface area (Å²) in [7, 11) is 0. The molecular formula is C17H13ClN2O2. The van der Waals surface area contributed by atoms with Gasteiger partial charge in [0.25, 0.3) is 0 Å². The minimum Gasteiger partial charge on any atom is -0.456 e. The lowest BCUT2D eigenvalue weighted by Crippen LogP contribution is -2.09. The molecule has 0 bridgehead atoms. The summed E-state index contributed by atoms with van der Waals surface area (Å²) in [6, 6.07) is 12.6. The molecule has 0 aliphatic heterocycles. The Morgan fingerprint density at radius 3 is 2.86 bits per heavy atom. The van der Waals surface area contributed by atoms with Crippen molar-refractivity contribution in [1.82, 2.24) is 9.97 Å². The Morgan fingerprint density at radius 2 is 2.09 bits per heavy atom. The van der Waals surface area contributed by atoms with Gasteiger partial charge >= 0.3 is 5.97 Å². The molecule has 0 aliphatic carbocycles. The molecule has 5 heteroatoms. The van der Waals surface area contributed by atoms with Gasteiger partial charge in [0, 0.05) is 16.6 Å². The van der Waals surface area contributed by atoms with Crippen LogP contribution in [0.1, 0.15) is 21.7 Å². The number of pyridine rings is 2. The second-order valence-corrected chi connectivity index (χ2v) is 5.29. The Labute approximate surface area is 132 Å². The fraction of sp³-hybridized carbons (Fsp3) is 0.118. The van der Waals surface area contributed by atoms with E-state index in [1.807, 2.05) is 18.2 Å². The van der Waals surface area contributed by atoms with E-state index in [9.17, 15) is 4.79 Å². The number of nitrogens with zero attached hydrogens (tertiary/aromatic N) is 2. The van der Waals surface area contributed by atoms with Crippen LogP contribution in [0.2, 0.25) is 5.02 Å². The topological polar surface area (TPSA) is 52.1 Å². The summed E-state index contributed by atoms with van der Waals surface area (Å²) in [5.74, 6) is -0.419. The van der Waals surface area contributed by atoms with Crippen LogP contribution in [0.4, 0.5) is 0 Å². The number of fused-ring (bicyclic) bond motifs is 1. The van der Waals surface area contributed by atoms with E-state index in [0.29, 0.717) is 22.0 Å². The molecule has 1 aromatic carbocycles. The fourth-order valence-corrected chi connectivity index (χ4v) is 2.33. The Balaban J connectivity index is 1.85. The molecule has 3 rings (SSSR count). The van der Waals surface area contributed by atoms with Gasteiger partial charge in [0.15, 0.2) is 0 Å². The average molecular weight is 313 g/mol. The van der Waals surface area contributed by atoms with Crippen LogP contribution in [0.5, 0.6) is 0 Å². The van der Waals surface area contributed by atoms with Gasteiger partial charge in [-0.25, -0.2) is 4.79 Å². The number of carbonyl (C=O) groups excluding carboxylic acids is 1. The first-order valence-corrected chi connectivity index (χ1v) is 7.15. The van der Waals surface area contributed by atoms with E-state index in [4.69, 9.17) is 16.3 Å². The monoisotopic (exact) mass is 312 g/mol. The van der Waals surface area contributed by atoms with Gasteiger partial charge in [-0.15, -0.1) is 0 Å². The quantitative estimate of drug-likeness (QED) is 0.687. The highest BCUT2D eigenvalue weighted by atomic mass is 35.5. The number of aromatic nitrogens is 2. The third kappa shape index (κ3) is 3.07. The highest BCUT2D eigenvalue weighted by molar-refractivity contribution is 6.31. The van der Waals surface area contributed by atoms with Crippen LogP contribution in [-0.4, -0.2) is 15.9 Å². The predicted molar refractivity (Wildman–Crippen MR) is 84.8 cm³/mol. The van der Waals surface area contributed by atoms with E-state index in [2.05, 4.69) is 9.97 Å². The first-order chi connectivity index (χ1) is 10.6. The van der Waals surface area contributed by atoms with E-state index in [1.54, 1.807) is 37.4 Å². The van der Waals surface area contributed by atoms with Crippen molar-refractivity contribution in [3.8, 4) is 0 Å². The molecule has 0 unspecified atom stereocenters. The summed E-state index contributed by atoms with van der Waals surface area (Å²) in [6.07, 6.45) is 1.66. The molecule has 0 atom stereocenters. The summed E-state index contributed by atoms with van der Waals surface area (Å²) in [5.41, 5.74) is 2.56. The van der Waals surface area contributed by atoms with Crippen molar-refractivity contribution in [3.63, 3.8) is 0 Å². The molecule has 0 spiro atoms. The first kappa shape index (κ1) is 14.5. The van der Waals surface area contributed by atoms with Gasteiger partial charge in [-0.2, -0.15) is 0 Å². The summed E-state index contributed by atoms with van der Waals surface area (Å²) >= 11 is 5.98. The number of carbonyl (C=O) groups is 1. The second kappa shape index (κ2) is 6.12. The first-order valence-electron chi connectivity index (χ1n) is 6.77. The molecule has 2 heterocycles. The van der Waals surface area contributed by atoms with E-state index in [-0.39, 0.29) is 6.61 Å². The van der Waals surface area contributed by atoms with Crippen LogP contribution in [0, 0.1) is 6.92 Å². The number of ether oxygens (including phenoxy) is 1. The lowest BCUT2D eigenvalue weighted by Gasteiger charge is -2.08. The van der Waals surface area contributed by atoms with Crippen LogP contribution < -0.4 is 0 Å². The molecule has 22 heavy (non-hydrogen) atoms.